The largest absolute Gasteiger partial charge is 0.741 e. The van der Waals surface area contributed by atoms with Crippen molar-refractivity contribution in [3.63, 3.8) is 0 Å². The highest BCUT2D eigenvalue weighted by Gasteiger charge is 2.43. The molecule has 0 fully saturated rings. The average molecular weight is 591 g/mol. The van der Waals surface area contributed by atoms with Crippen molar-refractivity contribution in [1.29, 1.82) is 0 Å². The molecule has 0 atom stereocenters. The molecular weight excluding hydrogens is 553 g/mol. The van der Waals surface area contributed by atoms with E-state index in [4.69, 9.17) is 26.2 Å². The van der Waals surface area contributed by atoms with Crippen LogP contribution in [0.1, 0.15) is 43.0 Å². The van der Waals surface area contributed by atoms with Crippen molar-refractivity contribution in [2.75, 3.05) is 32.9 Å². The highest BCUT2D eigenvalue weighted by molar-refractivity contribution is 7.86. The Bertz CT molecular complexity index is 1200. The number of alkyl halides is 3. The summed E-state index contributed by atoms with van der Waals surface area (Å²) < 4.78 is 79.4. The zero-order valence-electron chi connectivity index (χ0n) is 23.2. The minimum atomic E-state index is -6.09. The number of hydrogen-bond donors (Lipinski definition) is 0. The lowest BCUT2D eigenvalue weighted by atomic mass is 10.0. The van der Waals surface area contributed by atoms with Crippen LogP contribution >= 0.6 is 0 Å². The Morgan fingerprint density at radius 3 is 1.82 bits per heavy atom. The van der Waals surface area contributed by atoms with Gasteiger partial charge in [-0.2, -0.15) is 13.2 Å². The molecule has 0 aliphatic carbocycles. The van der Waals surface area contributed by atoms with Crippen LogP contribution in [0.4, 0.5) is 18.9 Å². The Morgan fingerprint density at radius 2 is 1.41 bits per heavy atom. The maximum absolute atomic E-state index is 10.7. The second-order valence-electron chi connectivity index (χ2n) is 8.98. The van der Waals surface area contributed by atoms with E-state index in [-0.39, 0.29) is 0 Å². The molecule has 39 heavy (non-hydrogen) atoms. The summed E-state index contributed by atoms with van der Waals surface area (Å²) in [5.41, 5.74) is 0.956. The molecule has 2 aromatic rings. The molecule has 0 saturated carbocycles. The molecule has 1 aliphatic heterocycles. The standard InChI is InChI=1S/C25H37N2O3Si.CHF3O3S/c1-7-28-31(29-8-2,30-9-3)24-12-10-23(11-13-24)18-26-14-15-27(19-26)25-21(5)16-20(4)17-22(25)6;2-1(3,4)8(5,6)7/h10-13,16-17,19H,7-9,14-15,18H2,1-6H3;(H,5,6,7)/q+1;/p-1. The van der Waals surface area contributed by atoms with Gasteiger partial charge < -0.3 is 17.8 Å². The first kappa shape index (κ1) is 32.9. The van der Waals surface area contributed by atoms with E-state index in [1.807, 2.05) is 20.8 Å². The van der Waals surface area contributed by atoms with Gasteiger partial charge in [-0.1, -0.05) is 42.0 Å². The van der Waals surface area contributed by atoms with Crippen molar-refractivity contribution in [2.24, 2.45) is 0 Å². The van der Waals surface area contributed by atoms with Crippen LogP contribution in [0.25, 0.3) is 0 Å². The van der Waals surface area contributed by atoms with Crippen LogP contribution in [0.15, 0.2) is 36.4 Å². The molecule has 13 heteroatoms. The number of hydrogen-bond acceptors (Lipinski definition) is 7. The van der Waals surface area contributed by atoms with Crippen LogP contribution in [0.2, 0.25) is 0 Å². The van der Waals surface area contributed by atoms with Gasteiger partial charge in [-0.05, 0) is 58.2 Å². The van der Waals surface area contributed by atoms with E-state index in [2.05, 4.69) is 73.0 Å². The predicted octanol–water partition coefficient (Wildman–Crippen LogP) is 4.11. The van der Waals surface area contributed by atoms with Crippen LogP contribution in [0.5, 0.6) is 0 Å². The van der Waals surface area contributed by atoms with Crippen molar-refractivity contribution < 1.29 is 44.0 Å². The lowest BCUT2D eigenvalue weighted by Gasteiger charge is -2.28. The lowest BCUT2D eigenvalue weighted by Crippen LogP contribution is -2.56. The van der Waals surface area contributed by atoms with Crippen LogP contribution in [0, 0.1) is 20.8 Å². The molecule has 0 N–H and O–H groups in total. The normalized spacial score (nSPS) is 14.2. The van der Waals surface area contributed by atoms with E-state index in [0.717, 1.165) is 24.8 Å². The third-order valence-electron chi connectivity index (χ3n) is 5.83. The molecule has 0 spiro atoms. The Balaban J connectivity index is 0.000000580. The molecule has 0 aromatic heterocycles. The zero-order chi connectivity index (χ0) is 29.4. The molecular formula is C26H37F3N2O6SSi. The monoisotopic (exact) mass is 590 g/mol. The molecule has 3 rings (SSSR count). The molecule has 0 bridgehead atoms. The Morgan fingerprint density at radius 1 is 0.949 bits per heavy atom. The summed E-state index contributed by atoms with van der Waals surface area (Å²) >= 11 is 0. The van der Waals surface area contributed by atoms with Gasteiger partial charge in [0.2, 0.25) is 6.34 Å². The van der Waals surface area contributed by atoms with Gasteiger partial charge in [0.05, 0.1) is 0 Å². The summed E-state index contributed by atoms with van der Waals surface area (Å²) in [6.45, 7) is 17.2. The van der Waals surface area contributed by atoms with Gasteiger partial charge in [-0.15, -0.1) is 0 Å². The molecule has 0 radical (unpaired) electrons. The second-order valence-corrected chi connectivity index (χ2v) is 12.9. The van der Waals surface area contributed by atoms with E-state index < -0.39 is 24.4 Å². The maximum atomic E-state index is 10.7. The highest BCUT2D eigenvalue weighted by atomic mass is 32.2. The maximum Gasteiger partial charge on any atom is 0.537 e. The molecule has 8 nitrogen and oxygen atoms in total. The topological polar surface area (TPSA) is 91.1 Å². The Hall–Kier alpha value is -2.29. The molecule has 1 heterocycles. The molecule has 0 saturated heterocycles. The second kappa shape index (κ2) is 13.9. The summed E-state index contributed by atoms with van der Waals surface area (Å²) in [6.07, 6.45) is 2.26. The van der Waals surface area contributed by atoms with Crippen molar-refractivity contribution >= 4 is 36.1 Å². The van der Waals surface area contributed by atoms with E-state index >= 15 is 0 Å². The Kier molecular flexibility index (Phi) is 11.7. The van der Waals surface area contributed by atoms with Gasteiger partial charge in [-0.25, -0.2) is 13.0 Å². The lowest BCUT2D eigenvalue weighted by molar-refractivity contribution is -0.425. The highest BCUT2D eigenvalue weighted by Crippen LogP contribution is 2.26. The van der Waals surface area contributed by atoms with E-state index in [1.54, 1.807) is 0 Å². The average Bonchev–Trinajstić information content (AvgIpc) is 3.26. The number of benzene rings is 2. The number of rotatable bonds is 10. The quantitative estimate of drug-likeness (QED) is 0.178. The first-order valence-corrected chi connectivity index (χ1v) is 15.8. The Labute approximate surface area is 230 Å². The molecule has 0 amide bonds. The number of nitrogens with zero attached hydrogens (tertiary/aromatic N) is 2. The molecule has 218 valence electrons. The van der Waals surface area contributed by atoms with Crippen molar-refractivity contribution in [3.8, 4) is 0 Å². The third kappa shape index (κ3) is 8.85. The van der Waals surface area contributed by atoms with E-state index in [9.17, 15) is 13.2 Å². The molecule has 1 aliphatic rings. The van der Waals surface area contributed by atoms with Crippen molar-refractivity contribution in [3.05, 3.63) is 58.7 Å². The van der Waals surface area contributed by atoms with Gasteiger partial charge in [0, 0.05) is 25.0 Å². The van der Waals surface area contributed by atoms with E-state index in [0.29, 0.717) is 19.8 Å². The smallest absolute Gasteiger partial charge is 0.537 e. The van der Waals surface area contributed by atoms with E-state index in [1.165, 1.54) is 27.9 Å². The fraction of sp³-hybridized carbons (Fsp3) is 0.500. The predicted molar refractivity (Wildman–Crippen MR) is 144 cm³/mol. The number of halogens is 3. The van der Waals surface area contributed by atoms with Gasteiger partial charge in [0.1, 0.15) is 25.3 Å². The van der Waals surface area contributed by atoms with Gasteiger partial charge >= 0.3 is 14.3 Å². The van der Waals surface area contributed by atoms with Gasteiger partial charge in [-0.3, -0.25) is 4.90 Å². The summed E-state index contributed by atoms with van der Waals surface area (Å²) in [5.74, 6) is 0. The van der Waals surface area contributed by atoms with Crippen LogP contribution in [0.3, 0.4) is 0 Å². The summed E-state index contributed by atoms with van der Waals surface area (Å²) in [6, 6.07) is 13.1. The third-order valence-corrected chi connectivity index (χ3v) is 9.45. The number of aryl methyl sites for hydroxylation is 3. The zero-order valence-corrected chi connectivity index (χ0v) is 25.0. The summed E-state index contributed by atoms with van der Waals surface area (Å²) in [4.78, 5) is 2.38. The first-order chi connectivity index (χ1) is 18.2. The van der Waals surface area contributed by atoms with Crippen LogP contribution in [-0.2, 0) is 29.9 Å². The fourth-order valence-electron chi connectivity index (χ4n) is 4.46. The summed E-state index contributed by atoms with van der Waals surface area (Å²) in [7, 11) is -8.93. The van der Waals surface area contributed by atoms with Gasteiger partial charge in [0.15, 0.2) is 10.1 Å². The van der Waals surface area contributed by atoms with Crippen LogP contribution in [-0.4, -0.2) is 76.0 Å². The fourth-order valence-corrected chi connectivity index (χ4v) is 6.92. The van der Waals surface area contributed by atoms with Crippen LogP contribution < -0.4 is 5.19 Å². The van der Waals surface area contributed by atoms with Gasteiger partial charge in [0.25, 0.3) is 0 Å². The van der Waals surface area contributed by atoms with Crippen molar-refractivity contribution in [2.45, 2.75) is 53.6 Å². The summed E-state index contributed by atoms with van der Waals surface area (Å²) in [5, 5.41) is 1.03. The van der Waals surface area contributed by atoms with Crippen molar-refractivity contribution in [1.82, 2.24) is 4.90 Å². The minimum absolute atomic E-state index is 0.574. The SMILES string of the molecule is CCO[Si](OCC)(OCC)c1ccc(CN2C=[N+](c3c(C)cc(C)cc3C)CC2)cc1.O=S(=O)([O-])C(F)(F)F. The molecule has 2 aromatic carbocycles. The first-order valence-electron chi connectivity index (χ1n) is 12.6. The molecule has 0 unspecified atom stereocenters. The minimum Gasteiger partial charge on any atom is -0.741 e.